The van der Waals surface area contributed by atoms with Crippen LogP contribution in [-0.4, -0.2) is 4.98 Å². The Morgan fingerprint density at radius 3 is 2.75 bits per heavy atom. The lowest BCUT2D eigenvalue weighted by molar-refractivity contribution is 0.788. The number of hydrogen-bond donors (Lipinski definition) is 0. The van der Waals surface area contributed by atoms with Crippen LogP contribution < -0.4 is 0 Å². The van der Waals surface area contributed by atoms with Crippen LogP contribution in [0.15, 0.2) is 12.3 Å². The van der Waals surface area contributed by atoms with Gasteiger partial charge in [0.05, 0.1) is 0 Å². The van der Waals surface area contributed by atoms with Crippen LogP contribution in [0.5, 0.6) is 0 Å². The third kappa shape index (κ3) is 2.07. The minimum Gasteiger partial charge on any atom is -0.261 e. The molecule has 0 aliphatic heterocycles. The van der Waals surface area contributed by atoms with Crippen molar-refractivity contribution in [1.29, 1.82) is 0 Å². The summed E-state index contributed by atoms with van der Waals surface area (Å²) in [7, 11) is 0. The molecule has 0 unspecified atom stereocenters. The maximum absolute atomic E-state index is 4.25. The van der Waals surface area contributed by atoms with E-state index in [4.69, 9.17) is 0 Å². The third-order valence-corrected chi connectivity index (χ3v) is 2.37. The van der Waals surface area contributed by atoms with Crippen molar-refractivity contribution in [2.75, 3.05) is 0 Å². The smallest absolute Gasteiger partial charge is 0.0404 e. The number of pyridine rings is 1. The average Bonchev–Trinajstić information content (AvgIpc) is 2.08. The van der Waals surface area contributed by atoms with Gasteiger partial charge in [0.1, 0.15) is 0 Å². The van der Waals surface area contributed by atoms with Crippen LogP contribution in [0.25, 0.3) is 0 Å². The van der Waals surface area contributed by atoms with Crippen LogP contribution in [0.3, 0.4) is 0 Å². The number of unbranched alkanes of at least 4 members (excludes halogenated alkanes) is 1. The second-order valence-electron chi connectivity index (χ2n) is 3.28. The Morgan fingerprint density at radius 1 is 1.33 bits per heavy atom. The van der Waals surface area contributed by atoms with Crippen molar-refractivity contribution in [2.45, 2.75) is 40.0 Å². The van der Waals surface area contributed by atoms with Gasteiger partial charge in [0.2, 0.25) is 0 Å². The Balaban J connectivity index is 2.78. The molecule has 0 aliphatic rings. The lowest BCUT2D eigenvalue weighted by Gasteiger charge is -2.06. The van der Waals surface area contributed by atoms with E-state index < -0.39 is 0 Å². The van der Waals surface area contributed by atoms with Crippen LogP contribution in [-0.2, 0) is 6.42 Å². The summed E-state index contributed by atoms with van der Waals surface area (Å²) in [5.41, 5.74) is 4.00. The molecule has 1 nitrogen and oxygen atoms in total. The van der Waals surface area contributed by atoms with Gasteiger partial charge in [-0.2, -0.15) is 0 Å². The largest absolute Gasteiger partial charge is 0.261 e. The van der Waals surface area contributed by atoms with Crippen molar-refractivity contribution in [1.82, 2.24) is 4.98 Å². The first-order chi connectivity index (χ1) is 5.75. The normalized spacial score (nSPS) is 10.2. The quantitative estimate of drug-likeness (QED) is 0.667. The predicted molar refractivity (Wildman–Crippen MR) is 52.3 cm³/mol. The summed E-state index contributed by atoms with van der Waals surface area (Å²) >= 11 is 0. The molecule has 66 valence electrons. The first-order valence-corrected chi connectivity index (χ1v) is 4.66. The van der Waals surface area contributed by atoms with Crippen molar-refractivity contribution >= 4 is 0 Å². The first kappa shape index (κ1) is 9.24. The van der Waals surface area contributed by atoms with E-state index in [1.165, 1.54) is 36.1 Å². The highest BCUT2D eigenvalue weighted by molar-refractivity contribution is 5.27. The van der Waals surface area contributed by atoms with Crippen LogP contribution in [0.2, 0.25) is 0 Å². The predicted octanol–water partition coefficient (Wildman–Crippen LogP) is 3.04. The van der Waals surface area contributed by atoms with E-state index in [0.29, 0.717) is 0 Å². The summed E-state index contributed by atoms with van der Waals surface area (Å²) in [6.45, 7) is 6.46. The molecule has 0 amide bonds. The molecule has 1 aromatic rings. The van der Waals surface area contributed by atoms with Crippen LogP contribution in [0.1, 0.15) is 36.6 Å². The summed E-state index contributed by atoms with van der Waals surface area (Å²) < 4.78 is 0. The van der Waals surface area contributed by atoms with Crippen molar-refractivity contribution < 1.29 is 0 Å². The zero-order valence-electron chi connectivity index (χ0n) is 8.22. The summed E-state index contributed by atoms with van der Waals surface area (Å²) in [6.07, 6.45) is 5.66. The van der Waals surface area contributed by atoms with Crippen molar-refractivity contribution in [3.63, 3.8) is 0 Å². The molecular formula is C11H17N. The van der Waals surface area contributed by atoms with Crippen LogP contribution in [0.4, 0.5) is 0 Å². The Labute approximate surface area is 74.8 Å². The van der Waals surface area contributed by atoms with Crippen LogP contribution >= 0.6 is 0 Å². The van der Waals surface area contributed by atoms with Gasteiger partial charge in [-0.15, -0.1) is 0 Å². The number of aryl methyl sites for hydroxylation is 2. The molecule has 0 atom stereocenters. The molecular weight excluding hydrogens is 146 g/mol. The van der Waals surface area contributed by atoms with Gasteiger partial charge in [0, 0.05) is 11.9 Å². The SMILES string of the molecule is CCCCc1ccnc(C)c1C. The zero-order valence-corrected chi connectivity index (χ0v) is 8.22. The van der Waals surface area contributed by atoms with Gasteiger partial charge < -0.3 is 0 Å². The fourth-order valence-electron chi connectivity index (χ4n) is 1.33. The fraction of sp³-hybridized carbons (Fsp3) is 0.545. The average molecular weight is 163 g/mol. The molecule has 0 aromatic carbocycles. The summed E-state index contributed by atoms with van der Waals surface area (Å²) in [5, 5.41) is 0. The van der Waals surface area contributed by atoms with E-state index in [9.17, 15) is 0 Å². The molecule has 0 saturated carbocycles. The molecule has 0 saturated heterocycles. The molecule has 0 fully saturated rings. The van der Waals surface area contributed by atoms with E-state index in [2.05, 4.69) is 31.8 Å². The minimum atomic E-state index is 1.17. The molecule has 12 heavy (non-hydrogen) atoms. The summed E-state index contributed by atoms with van der Waals surface area (Å²) in [4.78, 5) is 4.25. The summed E-state index contributed by atoms with van der Waals surface area (Å²) in [6, 6.07) is 2.14. The summed E-state index contributed by atoms with van der Waals surface area (Å²) in [5.74, 6) is 0. The van der Waals surface area contributed by atoms with Gasteiger partial charge in [-0.25, -0.2) is 0 Å². The van der Waals surface area contributed by atoms with E-state index in [0.717, 1.165) is 0 Å². The maximum atomic E-state index is 4.25. The Bertz CT molecular complexity index is 253. The second-order valence-corrected chi connectivity index (χ2v) is 3.28. The van der Waals surface area contributed by atoms with Crippen molar-refractivity contribution in [3.05, 3.63) is 29.1 Å². The highest BCUT2D eigenvalue weighted by Crippen LogP contribution is 2.12. The lowest BCUT2D eigenvalue weighted by atomic mass is 10.0. The molecule has 0 radical (unpaired) electrons. The molecule has 0 N–H and O–H groups in total. The van der Waals surface area contributed by atoms with Crippen molar-refractivity contribution in [2.24, 2.45) is 0 Å². The Kier molecular flexibility index (Phi) is 3.27. The molecule has 0 spiro atoms. The highest BCUT2D eigenvalue weighted by atomic mass is 14.7. The number of hydrogen-bond acceptors (Lipinski definition) is 1. The standard InChI is InChI=1S/C11H17N/c1-4-5-6-11-7-8-12-10(3)9(11)2/h7-8H,4-6H2,1-3H3. The minimum absolute atomic E-state index is 1.17. The van der Waals surface area contributed by atoms with Gasteiger partial charge >= 0.3 is 0 Å². The number of rotatable bonds is 3. The zero-order chi connectivity index (χ0) is 8.97. The first-order valence-electron chi connectivity index (χ1n) is 4.66. The molecule has 0 bridgehead atoms. The van der Waals surface area contributed by atoms with Gasteiger partial charge in [0.15, 0.2) is 0 Å². The molecule has 1 rings (SSSR count). The Morgan fingerprint density at radius 2 is 2.08 bits per heavy atom. The van der Waals surface area contributed by atoms with Gasteiger partial charge in [-0.1, -0.05) is 13.3 Å². The lowest BCUT2D eigenvalue weighted by Crippen LogP contribution is -1.94. The van der Waals surface area contributed by atoms with Crippen LogP contribution in [0, 0.1) is 13.8 Å². The maximum Gasteiger partial charge on any atom is 0.0404 e. The highest BCUT2D eigenvalue weighted by Gasteiger charge is 1.99. The van der Waals surface area contributed by atoms with Gasteiger partial charge in [-0.3, -0.25) is 4.98 Å². The Hall–Kier alpha value is -0.850. The molecule has 1 heterocycles. The van der Waals surface area contributed by atoms with Crippen molar-refractivity contribution in [3.8, 4) is 0 Å². The fourth-order valence-corrected chi connectivity index (χ4v) is 1.33. The van der Waals surface area contributed by atoms with E-state index in [1.807, 2.05) is 6.20 Å². The van der Waals surface area contributed by atoms with E-state index in [1.54, 1.807) is 0 Å². The molecule has 1 heteroatoms. The number of nitrogens with zero attached hydrogens (tertiary/aromatic N) is 1. The number of aromatic nitrogens is 1. The van der Waals surface area contributed by atoms with E-state index in [-0.39, 0.29) is 0 Å². The topological polar surface area (TPSA) is 12.9 Å². The van der Waals surface area contributed by atoms with Gasteiger partial charge in [-0.05, 0) is 43.9 Å². The van der Waals surface area contributed by atoms with E-state index >= 15 is 0 Å². The third-order valence-electron chi connectivity index (χ3n) is 2.37. The molecule has 1 aromatic heterocycles. The molecule has 0 aliphatic carbocycles. The monoisotopic (exact) mass is 163 g/mol. The second kappa shape index (κ2) is 4.24. The van der Waals surface area contributed by atoms with Gasteiger partial charge in [0.25, 0.3) is 0 Å².